The number of hydrogen-bond acceptors (Lipinski definition) is 3. The van der Waals surface area contributed by atoms with Gasteiger partial charge in [0.1, 0.15) is 0 Å². The van der Waals surface area contributed by atoms with Crippen LogP contribution in [0.15, 0.2) is 41.1 Å². The molecule has 0 aliphatic heterocycles. The summed E-state index contributed by atoms with van der Waals surface area (Å²) in [5.74, 6) is 0.688. The third-order valence-corrected chi connectivity index (χ3v) is 2.90. The van der Waals surface area contributed by atoms with E-state index in [1.54, 1.807) is 12.4 Å². The Kier molecular flexibility index (Phi) is 3.97. The lowest BCUT2D eigenvalue weighted by Crippen LogP contribution is -2.18. The van der Waals surface area contributed by atoms with Gasteiger partial charge >= 0.3 is 0 Å². The topological polar surface area (TPSA) is 29.0 Å². The Morgan fingerprint density at radius 3 is 2.65 bits per heavy atom. The first-order valence-electron chi connectivity index (χ1n) is 5.08. The normalized spacial score (nSPS) is 10.3. The number of aromatic nitrogens is 2. The number of anilines is 1. The summed E-state index contributed by atoms with van der Waals surface area (Å²) in [6, 6.07) is 7.77. The molecule has 0 radical (unpaired) electrons. The molecule has 3 nitrogen and oxygen atoms in total. The molecule has 0 bridgehead atoms. The van der Waals surface area contributed by atoms with Crippen molar-refractivity contribution in [1.82, 2.24) is 9.97 Å². The largest absolute Gasteiger partial charge is 0.340 e. The molecule has 2 aromatic rings. The molecule has 88 valence electrons. The third-order valence-electron chi connectivity index (χ3n) is 2.26. The minimum Gasteiger partial charge on any atom is -0.340 e. The van der Waals surface area contributed by atoms with Crippen LogP contribution < -0.4 is 4.90 Å². The lowest BCUT2D eigenvalue weighted by molar-refractivity contribution is 0.865. The van der Waals surface area contributed by atoms with Crippen molar-refractivity contribution in [3.63, 3.8) is 0 Å². The highest BCUT2D eigenvalue weighted by atomic mass is 79.9. The molecule has 5 heteroatoms. The average molecular weight is 313 g/mol. The van der Waals surface area contributed by atoms with Crippen LogP contribution in [0.2, 0.25) is 5.02 Å². The van der Waals surface area contributed by atoms with Gasteiger partial charge in [-0.1, -0.05) is 23.7 Å². The Morgan fingerprint density at radius 1 is 1.29 bits per heavy atom. The molecular formula is C12H11BrClN3. The van der Waals surface area contributed by atoms with Crippen molar-refractivity contribution < 1.29 is 0 Å². The summed E-state index contributed by atoms with van der Waals surface area (Å²) >= 11 is 9.25. The van der Waals surface area contributed by atoms with Gasteiger partial charge in [0.2, 0.25) is 5.95 Å². The highest BCUT2D eigenvalue weighted by Gasteiger charge is 2.05. The fourth-order valence-electron chi connectivity index (χ4n) is 1.48. The van der Waals surface area contributed by atoms with Crippen molar-refractivity contribution >= 4 is 33.5 Å². The molecule has 0 atom stereocenters. The molecule has 0 unspecified atom stereocenters. The van der Waals surface area contributed by atoms with E-state index in [1.807, 2.05) is 36.2 Å². The maximum Gasteiger partial charge on any atom is 0.225 e. The Bertz CT molecular complexity index is 501. The van der Waals surface area contributed by atoms with Gasteiger partial charge in [0, 0.05) is 31.0 Å². The van der Waals surface area contributed by atoms with Crippen LogP contribution in [0.3, 0.4) is 0 Å². The molecule has 0 saturated heterocycles. The number of halogens is 2. The van der Waals surface area contributed by atoms with Gasteiger partial charge < -0.3 is 4.90 Å². The lowest BCUT2D eigenvalue weighted by Gasteiger charge is -2.16. The van der Waals surface area contributed by atoms with E-state index in [-0.39, 0.29) is 0 Å². The first-order valence-corrected chi connectivity index (χ1v) is 6.25. The molecule has 0 fully saturated rings. The van der Waals surface area contributed by atoms with Crippen molar-refractivity contribution in [2.24, 2.45) is 0 Å². The molecule has 17 heavy (non-hydrogen) atoms. The number of benzene rings is 1. The summed E-state index contributed by atoms with van der Waals surface area (Å²) in [6.45, 7) is 0.724. The van der Waals surface area contributed by atoms with Crippen LogP contribution in [-0.2, 0) is 6.54 Å². The predicted octanol–water partition coefficient (Wildman–Crippen LogP) is 3.53. The van der Waals surface area contributed by atoms with Crippen LogP contribution in [0, 0.1) is 0 Å². The molecule has 1 aromatic carbocycles. The standard InChI is InChI=1S/C12H11BrClN3/c1-17(12-15-6-10(13)7-16-12)8-9-3-2-4-11(14)5-9/h2-7H,8H2,1H3. The Balaban J connectivity index is 2.11. The molecule has 0 aliphatic carbocycles. The van der Waals surface area contributed by atoms with Crippen molar-refractivity contribution in [3.8, 4) is 0 Å². The van der Waals surface area contributed by atoms with Crippen molar-refractivity contribution in [3.05, 3.63) is 51.7 Å². The zero-order valence-electron chi connectivity index (χ0n) is 9.27. The van der Waals surface area contributed by atoms with E-state index in [9.17, 15) is 0 Å². The molecule has 0 spiro atoms. The van der Waals surface area contributed by atoms with Gasteiger partial charge in [-0.2, -0.15) is 0 Å². The van der Waals surface area contributed by atoms with Crippen LogP contribution in [0.5, 0.6) is 0 Å². The summed E-state index contributed by atoms with van der Waals surface area (Å²) < 4.78 is 0.873. The molecule has 0 aliphatic rings. The molecule has 1 heterocycles. The third kappa shape index (κ3) is 3.41. The summed E-state index contributed by atoms with van der Waals surface area (Å²) in [7, 11) is 1.95. The SMILES string of the molecule is CN(Cc1cccc(Cl)c1)c1ncc(Br)cn1. The molecule has 0 saturated carbocycles. The monoisotopic (exact) mass is 311 g/mol. The van der Waals surface area contributed by atoms with Gasteiger partial charge in [0.25, 0.3) is 0 Å². The molecule has 1 aromatic heterocycles. The maximum atomic E-state index is 5.94. The minimum atomic E-state index is 0.688. The quantitative estimate of drug-likeness (QED) is 0.868. The van der Waals surface area contributed by atoms with Crippen molar-refractivity contribution in [2.45, 2.75) is 6.54 Å². The van der Waals surface area contributed by atoms with E-state index in [4.69, 9.17) is 11.6 Å². The Morgan fingerprint density at radius 2 is 2.00 bits per heavy atom. The van der Waals surface area contributed by atoms with Crippen molar-refractivity contribution in [1.29, 1.82) is 0 Å². The summed E-state index contributed by atoms with van der Waals surface area (Å²) in [6.07, 6.45) is 3.47. The smallest absolute Gasteiger partial charge is 0.225 e. The Hall–Kier alpha value is -1.13. The lowest BCUT2D eigenvalue weighted by atomic mass is 10.2. The molecule has 0 amide bonds. The highest BCUT2D eigenvalue weighted by Crippen LogP contribution is 2.15. The fraction of sp³-hybridized carbons (Fsp3) is 0.167. The second kappa shape index (κ2) is 5.47. The second-order valence-electron chi connectivity index (χ2n) is 3.69. The van der Waals surface area contributed by atoms with Crippen molar-refractivity contribution in [2.75, 3.05) is 11.9 Å². The van der Waals surface area contributed by atoms with E-state index in [0.717, 1.165) is 21.6 Å². The van der Waals surface area contributed by atoms with Gasteiger partial charge in [-0.05, 0) is 33.6 Å². The van der Waals surface area contributed by atoms with Crippen LogP contribution >= 0.6 is 27.5 Å². The van der Waals surface area contributed by atoms with E-state index in [1.165, 1.54) is 0 Å². The molecule has 0 N–H and O–H groups in total. The van der Waals surface area contributed by atoms with Gasteiger partial charge in [0.15, 0.2) is 0 Å². The predicted molar refractivity (Wildman–Crippen MR) is 73.3 cm³/mol. The van der Waals surface area contributed by atoms with E-state index < -0.39 is 0 Å². The van der Waals surface area contributed by atoms with Crippen LogP contribution in [-0.4, -0.2) is 17.0 Å². The number of rotatable bonds is 3. The highest BCUT2D eigenvalue weighted by molar-refractivity contribution is 9.10. The van der Waals surface area contributed by atoms with Crippen LogP contribution in [0.1, 0.15) is 5.56 Å². The molecule has 2 rings (SSSR count). The second-order valence-corrected chi connectivity index (χ2v) is 5.04. The van der Waals surface area contributed by atoms with Gasteiger partial charge in [-0.15, -0.1) is 0 Å². The van der Waals surface area contributed by atoms with Crippen LogP contribution in [0.25, 0.3) is 0 Å². The zero-order chi connectivity index (χ0) is 12.3. The zero-order valence-corrected chi connectivity index (χ0v) is 11.6. The fourth-order valence-corrected chi connectivity index (χ4v) is 1.90. The van der Waals surface area contributed by atoms with E-state index in [0.29, 0.717) is 5.95 Å². The minimum absolute atomic E-state index is 0.688. The summed E-state index contributed by atoms with van der Waals surface area (Å²) in [4.78, 5) is 10.4. The Labute approximate surface area is 114 Å². The first-order chi connectivity index (χ1) is 8.15. The van der Waals surface area contributed by atoms with Gasteiger partial charge in [-0.3, -0.25) is 0 Å². The van der Waals surface area contributed by atoms with Crippen LogP contribution in [0.4, 0.5) is 5.95 Å². The average Bonchev–Trinajstić information content (AvgIpc) is 2.29. The van der Waals surface area contributed by atoms with Gasteiger partial charge in [-0.25, -0.2) is 9.97 Å². The number of hydrogen-bond donors (Lipinski definition) is 0. The first kappa shape index (κ1) is 12.3. The van der Waals surface area contributed by atoms with E-state index in [2.05, 4.69) is 25.9 Å². The molecular weight excluding hydrogens is 302 g/mol. The maximum absolute atomic E-state index is 5.94. The summed E-state index contributed by atoms with van der Waals surface area (Å²) in [5.41, 5.74) is 1.13. The number of nitrogens with zero attached hydrogens (tertiary/aromatic N) is 3. The summed E-state index contributed by atoms with van der Waals surface area (Å²) in [5, 5.41) is 0.743. The van der Waals surface area contributed by atoms with E-state index >= 15 is 0 Å². The van der Waals surface area contributed by atoms with Gasteiger partial charge in [0.05, 0.1) is 4.47 Å².